The number of rotatable bonds is 6. The second kappa shape index (κ2) is 8.81. The molecule has 0 radical (unpaired) electrons. The van der Waals surface area contributed by atoms with Crippen LogP contribution in [0.25, 0.3) is 0 Å². The first-order valence-electron chi connectivity index (χ1n) is 8.37. The number of hydrogen-bond acceptors (Lipinski definition) is 3. The molecule has 0 aromatic heterocycles. The summed E-state index contributed by atoms with van der Waals surface area (Å²) in [6.45, 7) is 6.30. The molecule has 0 aliphatic carbocycles. The van der Waals surface area contributed by atoms with Crippen LogP contribution in [0.2, 0.25) is 0 Å². The second-order valence-corrected chi connectivity index (χ2v) is 6.14. The van der Waals surface area contributed by atoms with Gasteiger partial charge in [-0.05, 0) is 66.9 Å². The number of benzene rings is 2. The molecule has 2 aromatic carbocycles. The van der Waals surface area contributed by atoms with Crippen molar-refractivity contribution in [2.75, 3.05) is 12.4 Å². The molecule has 0 saturated heterocycles. The molecule has 0 aliphatic heterocycles. The number of nitrogens with one attached hydrogen (secondary N) is 1. The lowest BCUT2D eigenvalue weighted by Gasteiger charge is -2.17. The van der Waals surface area contributed by atoms with Crippen LogP contribution < -0.4 is 10.1 Å². The molecule has 0 saturated carbocycles. The molecule has 2 aromatic rings. The Balaban J connectivity index is 2.28. The van der Waals surface area contributed by atoms with Crippen molar-refractivity contribution in [2.45, 2.75) is 40.2 Å². The van der Waals surface area contributed by atoms with Crippen molar-refractivity contribution in [3.05, 3.63) is 58.4 Å². The van der Waals surface area contributed by atoms with Gasteiger partial charge in [-0.15, -0.1) is 0 Å². The van der Waals surface area contributed by atoms with E-state index in [0.717, 1.165) is 40.8 Å². The Morgan fingerprint density at radius 1 is 1.16 bits per heavy atom. The zero-order valence-corrected chi connectivity index (χ0v) is 15.9. The average molecular weight is 361 g/mol. The predicted molar refractivity (Wildman–Crippen MR) is 104 cm³/mol. The van der Waals surface area contributed by atoms with Crippen LogP contribution in [0.4, 0.5) is 10.1 Å². The van der Waals surface area contributed by atoms with E-state index in [4.69, 9.17) is 21.7 Å². The van der Waals surface area contributed by atoms with Gasteiger partial charge in [0.05, 0.1) is 7.11 Å². The lowest BCUT2D eigenvalue weighted by molar-refractivity contribution is 0.289. The molecule has 0 atom stereocenters. The van der Waals surface area contributed by atoms with Crippen molar-refractivity contribution < 1.29 is 13.9 Å². The summed E-state index contributed by atoms with van der Waals surface area (Å²) in [5, 5.41) is 3.33. The first-order chi connectivity index (χ1) is 12.0. The van der Waals surface area contributed by atoms with Gasteiger partial charge in [-0.3, -0.25) is 0 Å². The maximum atomic E-state index is 14.3. The minimum atomic E-state index is -0.335. The third kappa shape index (κ3) is 4.69. The zero-order valence-electron chi connectivity index (χ0n) is 15.1. The summed E-state index contributed by atoms with van der Waals surface area (Å²) in [4.78, 5) is 0. The van der Waals surface area contributed by atoms with Crippen LogP contribution in [0.1, 0.15) is 36.1 Å². The van der Waals surface area contributed by atoms with Crippen molar-refractivity contribution in [2.24, 2.45) is 0 Å². The SMILES string of the molecule is CCc1cc(F)c(OCc2c(CC)cccc2NC(=S)OC)cc1C. The Bertz CT molecular complexity index is 762. The lowest BCUT2D eigenvalue weighted by atomic mass is 10.0. The minimum Gasteiger partial charge on any atom is -0.486 e. The molecule has 3 nitrogen and oxygen atoms in total. The number of thiocarbonyl (C=S) groups is 1. The first kappa shape index (κ1) is 19.2. The van der Waals surface area contributed by atoms with Gasteiger partial charge in [-0.1, -0.05) is 26.0 Å². The van der Waals surface area contributed by atoms with E-state index in [1.54, 1.807) is 12.1 Å². The summed E-state index contributed by atoms with van der Waals surface area (Å²) < 4.78 is 25.1. The van der Waals surface area contributed by atoms with Gasteiger partial charge in [0.15, 0.2) is 11.6 Å². The Kier molecular flexibility index (Phi) is 6.76. The van der Waals surface area contributed by atoms with Gasteiger partial charge in [-0.25, -0.2) is 4.39 Å². The fourth-order valence-corrected chi connectivity index (χ4v) is 2.86. The van der Waals surface area contributed by atoms with E-state index >= 15 is 0 Å². The molecule has 1 N–H and O–H groups in total. The van der Waals surface area contributed by atoms with Crippen molar-refractivity contribution in [3.63, 3.8) is 0 Å². The van der Waals surface area contributed by atoms with E-state index in [0.29, 0.717) is 0 Å². The Morgan fingerprint density at radius 2 is 1.88 bits per heavy atom. The number of anilines is 1. The summed E-state index contributed by atoms with van der Waals surface area (Å²) in [6, 6.07) is 9.20. The Labute approximate surface area is 154 Å². The summed E-state index contributed by atoms with van der Waals surface area (Å²) in [7, 11) is 1.52. The summed E-state index contributed by atoms with van der Waals surface area (Å²) in [6.07, 6.45) is 1.63. The first-order valence-corrected chi connectivity index (χ1v) is 8.78. The molecular formula is C20H24FNO2S. The molecule has 0 aliphatic rings. The average Bonchev–Trinajstić information content (AvgIpc) is 2.62. The van der Waals surface area contributed by atoms with Crippen molar-refractivity contribution in [1.29, 1.82) is 0 Å². The number of methoxy groups -OCH3 is 1. The fourth-order valence-electron chi connectivity index (χ4n) is 2.75. The fraction of sp³-hybridized carbons (Fsp3) is 0.350. The standard InChI is InChI=1S/C20H24FNO2S/c1-5-14-8-7-9-18(22-20(25)23-4)16(14)12-24-19-10-13(3)15(6-2)11-17(19)21/h7-11H,5-6,12H2,1-4H3,(H,22,25). The van der Waals surface area contributed by atoms with Gasteiger partial charge in [0.2, 0.25) is 0 Å². The van der Waals surface area contributed by atoms with Crippen LogP contribution in [0, 0.1) is 12.7 Å². The molecule has 134 valence electrons. The van der Waals surface area contributed by atoms with E-state index in [2.05, 4.69) is 12.2 Å². The smallest absolute Gasteiger partial charge is 0.260 e. The van der Waals surface area contributed by atoms with E-state index < -0.39 is 0 Å². The Hall–Kier alpha value is -2.14. The third-order valence-electron chi connectivity index (χ3n) is 4.22. The van der Waals surface area contributed by atoms with Crippen LogP contribution in [-0.2, 0) is 24.2 Å². The highest BCUT2D eigenvalue weighted by atomic mass is 32.1. The van der Waals surface area contributed by atoms with Gasteiger partial charge < -0.3 is 14.8 Å². The Morgan fingerprint density at radius 3 is 2.52 bits per heavy atom. The van der Waals surface area contributed by atoms with Crippen LogP contribution >= 0.6 is 12.2 Å². The topological polar surface area (TPSA) is 30.5 Å². The van der Waals surface area contributed by atoms with Crippen molar-refractivity contribution in [3.8, 4) is 5.75 Å². The van der Waals surface area contributed by atoms with E-state index in [-0.39, 0.29) is 23.3 Å². The third-order valence-corrected chi connectivity index (χ3v) is 4.49. The molecule has 0 heterocycles. The molecule has 25 heavy (non-hydrogen) atoms. The van der Waals surface area contributed by atoms with Gasteiger partial charge in [0, 0.05) is 11.3 Å². The number of aryl methyl sites for hydroxylation is 3. The molecule has 0 unspecified atom stereocenters. The number of halogens is 1. The zero-order chi connectivity index (χ0) is 18.4. The molecular weight excluding hydrogens is 337 g/mol. The largest absolute Gasteiger partial charge is 0.486 e. The molecule has 0 fully saturated rings. The number of hydrogen-bond donors (Lipinski definition) is 1. The maximum absolute atomic E-state index is 14.3. The molecule has 2 rings (SSSR count). The summed E-state index contributed by atoms with van der Waals surface area (Å²) >= 11 is 5.09. The maximum Gasteiger partial charge on any atom is 0.260 e. The summed E-state index contributed by atoms with van der Waals surface area (Å²) in [5.74, 6) is -0.0702. The monoisotopic (exact) mass is 361 g/mol. The van der Waals surface area contributed by atoms with Crippen LogP contribution in [0.15, 0.2) is 30.3 Å². The van der Waals surface area contributed by atoms with Crippen LogP contribution in [0.3, 0.4) is 0 Å². The minimum absolute atomic E-state index is 0.251. The van der Waals surface area contributed by atoms with Crippen molar-refractivity contribution >= 4 is 23.1 Å². The molecule has 5 heteroatoms. The van der Waals surface area contributed by atoms with E-state index in [1.165, 1.54) is 7.11 Å². The molecule has 0 spiro atoms. The van der Waals surface area contributed by atoms with Crippen LogP contribution in [-0.4, -0.2) is 12.3 Å². The highest BCUT2D eigenvalue weighted by Crippen LogP contribution is 2.27. The highest BCUT2D eigenvalue weighted by Gasteiger charge is 2.13. The van der Waals surface area contributed by atoms with Gasteiger partial charge >= 0.3 is 0 Å². The number of ether oxygens (including phenoxy) is 2. The quantitative estimate of drug-likeness (QED) is 0.718. The van der Waals surface area contributed by atoms with Gasteiger partial charge in [0.1, 0.15) is 6.61 Å². The van der Waals surface area contributed by atoms with Gasteiger partial charge in [0.25, 0.3) is 5.17 Å². The predicted octanol–water partition coefficient (Wildman–Crippen LogP) is 5.18. The normalized spacial score (nSPS) is 10.4. The second-order valence-electron chi connectivity index (χ2n) is 5.76. The molecule has 0 amide bonds. The highest BCUT2D eigenvalue weighted by molar-refractivity contribution is 7.80. The van der Waals surface area contributed by atoms with E-state index in [9.17, 15) is 4.39 Å². The summed E-state index contributed by atoms with van der Waals surface area (Å²) in [5.41, 5.74) is 4.90. The van der Waals surface area contributed by atoms with Gasteiger partial charge in [-0.2, -0.15) is 0 Å². The molecule has 0 bridgehead atoms. The lowest BCUT2D eigenvalue weighted by Crippen LogP contribution is -2.14. The van der Waals surface area contributed by atoms with E-state index in [1.807, 2.05) is 32.0 Å². The van der Waals surface area contributed by atoms with Crippen LogP contribution in [0.5, 0.6) is 5.75 Å². The van der Waals surface area contributed by atoms with Crippen molar-refractivity contribution in [1.82, 2.24) is 0 Å².